The quantitative estimate of drug-likeness (QED) is 0.311. The lowest BCUT2D eigenvalue weighted by Gasteiger charge is -2.34. The Hall–Kier alpha value is -1.67. The molecule has 3 rings (SSSR count). The fourth-order valence-corrected chi connectivity index (χ4v) is 5.45. The van der Waals surface area contributed by atoms with E-state index in [4.69, 9.17) is 46.4 Å². The van der Waals surface area contributed by atoms with Crippen LogP contribution in [0, 0.1) is 0 Å². The van der Waals surface area contributed by atoms with Gasteiger partial charge < -0.3 is 10.2 Å². The summed E-state index contributed by atoms with van der Waals surface area (Å²) >= 11 is 24.5. The monoisotopic (exact) mass is 492 g/mol. The van der Waals surface area contributed by atoms with Gasteiger partial charge in [-0.2, -0.15) is 8.42 Å². The average Bonchev–Trinajstić information content (AvgIpc) is 2.64. The van der Waals surface area contributed by atoms with Gasteiger partial charge in [-0.15, -0.1) is 0 Å². The van der Waals surface area contributed by atoms with Gasteiger partial charge in [-0.05, 0) is 35.9 Å². The van der Waals surface area contributed by atoms with Crippen molar-refractivity contribution < 1.29 is 23.2 Å². The van der Waals surface area contributed by atoms with Gasteiger partial charge in [0.1, 0.15) is 11.5 Å². The van der Waals surface area contributed by atoms with Gasteiger partial charge in [0.15, 0.2) is 4.75 Å². The number of aromatic hydroxyl groups is 2. The molecule has 0 radical (unpaired) electrons. The van der Waals surface area contributed by atoms with Gasteiger partial charge in [-0.3, -0.25) is 4.55 Å². The third-order valence-corrected chi connectivity index (χ3v) is 7.19. The molecule has 3 aromatic rings. The van der Waals surface area contributed by atoms with Crippen LogP contribution < -0.4 is 0 Å². The van der Waals surface area contributed by atoms with Crippen molar-refractivity contribution in [3.8, 4) is 11.5 Å². The van der Waals surface area contributed by atoms with Crippen LogP contribution in [0.4, 0.5) is 0 Å². The molecule has 152 valence electrons. The highest BCUT2D eigenvalue weighted by Crippen LogP contribution is 2.54. The number of phenols is 2. The summed E-state index contributed by atoms with van der Waals surface area (Å²) < 4.78 is 33.9. The molecule has 1 unspecified atom stereocenters. The maximum atomic E-state index is 13.0. The van der Waals surface area contributed by atoms with Crippen molar-refractivity contribution in [1.29, 1.82) is 0 Å². The molecule has 3 N–H and O–H groups in total. The molecule has 29 heavy (non-hydrogen) atoms. The minimum absolute atomic E-state index is 0.0870. The summed E-state index contributed by atoms with van der Waals surface area (Å²) in [5, 5.41) is 20.8. The molecular weight excluding hydrogens is 482 g/mol. The van der Waals surface area contributed by atoms with E-state index in [1.165, 1.54) is 48.5 Å². The topological polar surface area (TPSA) is 94.8 Å². The summed E-state index contributed by atoms with van der Waals surface area (Å²) in [4.78, 5) is 0. The van der Waals surface area contributed by atoms with Gasteiger partial charge in [0.2, 0.25) is 0 Å². The Kier molecular flexibility index (Phi) is 5.98. The largest absolute Gasteiger partial charge is 0.508 e. The first-order valence-electron chi connectivity index (χ1n) is 7.90. The van der Waals surface area contributed by atoms with Crippen LogP contribution in [-0.2, 0) is 14.9 Å². The highest BCUT2D eigenvalue weighted by molar-refractivity contribution is 7.87. The summed E-state index contributed by atoms with van der Waals surface area (Å²) in [6.45, 7) is 0. The second-order valence-corrected chi connectivity index (χ2v) is 9.25. The molecule has 0 spiro atoms. The highest BCUT2D eigenvalue weighted by atomic mass is 35.5. The second-order valence-electron chi connectivity index (χ2n) is 6.06. The minimum atomic E-state index is -5.18. The third-order valence-electron chi connectivity index (χ3n) is 4.41. The average molecular weight is 494 g/mol. The molecule has 10 heteroatoms. The van der Waals surface area contributed by atoms with Crippen LogP contribution in [0.2, 0.25) is 20.1 Å². The van der Waals surface area contributed by atoms with Crippen LogP contribution in [0.1, 0.15) is 16.7 Å². The van der Waals surface area contributed by atoms with Gasteiger partial charge in [0, 0.05) is 16.1 Å². The van der Waals surface area contributed by atoms with Gasteiger partial charge in [0.05, 0.1) is 15.1 Å². The van der Waals surface area contributed by atoms with Crippen LogP contribution in [0.3, 0.4) is 0 Å². The van der Waals surface area contributed by atoms with E-state index in [0.717, 1.165) is 6.07 Å². The fraction of sp³-hybridized carbons (Fsp3) is 0.0526. The van der Waals surface area contributed by atoms with Crippen LogP contribution in [0.5, 0.6) is 11.5 Å². The first-order chi connectivity index (χ1) is 13.5. The van der Waals surface area contributed by atoms with Gasteiger partial charge in [-0.1, -0.05) is 70.7 Å². The molecule has 0 bridgehead atoms. The van der Waals surface area contributed by atoms with Crippen LogP contribution >= 0.6 is 46.4 Å². The Morgan fingerprint density at radius 2 is 1.48 bits per heavy atom. The summed E-state index contributed by atoms with van der Waals surface area (Å²) in [6, 6.07) is 11.8. The lowest BCUT2D eigenvalue weighted by Crippen LogP contribution is -2.38. The predicted molar refractivity (Wildman–Crippen MR) is 114 cm³/mol. The Morgan fingerprint density at radius 3 is 2.10 bits per heavy atom. The molecule has 0 fully saturated rings. The van der Waals surface area contributed by atoms with Crippen molar-refractivity contribution in [3.05, 3.63) is 91.4 Å². The van der Waals surface area contributed by atoms with E-state index in [9.17, 15) is 23.2 Å². The van der Waals surface area contributed by atoms with E-state index >= 15 is 0 Å². The molecule has 0 saturated carbocycles. The van der Waals surface area contributed by atoms with E-state index in [1.807, 2.05) is 0 Å². The first-order valence-corrected chi connectivity index (χ1v) is 10.9. The molecule has 0 amide bonds. The molecule has 0 aliphatic heterocycles. The SMILES string of the molecule is O=S(=O)(O)C(c1cccc(Cl)c1)(c1cccc(Cl)c1O)c1c(O)ccc(Cl)c1Cl. The van der Waals surface area contributed by atoms with Crippen LogP contribution in [-0.4, -0.2) is 23.2 Å². The Bertz CT molecular complexity index is 1210. The maximum Gasteiger partial charge on any atom is 0.283 e. The molecule has 0 aliphatic rings. The summed E-state index contributed by atoms with van der Waals surface area (Å²) in [5.74, 6) is -1.22. The zero-order valence-electron chi connectivity index (χ0n) is 14.3. The number of hydrogen-bond acceptors (Lipinski definition) is 4. The molecular formula is C19H12Cl4O5S. The summed E-state index contributed by atoms with van der Waals surface area (Å²) in [7, 11) is -5.18. The molecule has 0 saturated heterocycles. The lowest BCUT2D eigenvalue weighted by atomic mass is 9.83. The number of rotatable bonds is 4. The predicted octanol–water partition coefficient (Wildman–Crippen LogP) is 5.89. The van der Waals surface area contributed by atoms with Gasteiger partial charge in [-0.25, -0.2) is 0 Å². The number of phenolic OH excluding ortho intramolecular Hbond substituents is 2. The second kappa shape index (κ2) is 7.87. The molecule has 0 aliphatic carbocycles. The number of benzene rings is 3. The van der Waals surface area contributed by atoms with Crippen molar-refractivity contribution in [1.82, 2.24) is 0 Å². The molecule has 0 heterocycles. The third kappa shape index (κ3) is 3.54. The van der Waals surface area contributed by atoms with Crippen molar-refractivity contribution in [3.63, 3.8) is 0 Å². The van der Waals surface area contributed by atoms with Crippen molar-refractivity contribution in [2.75, 3.05) is 0 Å². The normalized spacial score (nSPS) is 13.8. The van der Waals surface area contributed by atoms with Gasteiger partial charge >= 0.3 is 0 Å². The number of halogens is 4. The first kappa shape index (κ1) is 22.0. The van der Waals surface area contributed by atoms with Crippen molar-refractivity contribution in [2.24, 2.45) is 0 Å². The molecule has 0 aromatic heterocycles. The lowest BCUT2D eigenvalue weighted by molar-refractivity contribution is 0.428. The fourth-order valence-electron chi connectivity index (χ4n) is 3.23. The zero-order chi connectivity index (χ0) is 21.6. The smallest absolute Gasteiger partial charge is 0.283 e. The van der Waals surface area contributed by atoms with E-state index in [1.54, 1.807) is 0 Å². The van der Waals surface area contributed by atoms with Crippen molar-refractivity contribution >= 4 is 56.5 Å². The van der Waals surface area contributed by atoms with E-state index in [-0.39, 0.29) is 31.2 Å². The van der Waals surface area contributed by atoms with E-state index in [2.05, 4.69) is 0 Å². The Morgan fingerprint density at radius 1 is 0.828 bits per heavy atom. The Balaban J connectivity index is 2.68. The number of para-hydroxylation sites is 1. The van der Waals surface area contributed by atoms with Gasteiger partial charge in [0.25, 0.3) is 10.1 Å². The van der Waals surface area contributed by atoms with Crippen molar-refractivity contribution in [2.45, 2.75) is 4.75 Å². The van der Waals surface area contributed by atoms with E-state index in [0.29, 0.717) is 0 Å². The number of hydrogen-bond donors (Lipinski definition) is 3. The van der Waals surface area contributed by atoms with Crippen LogP contribution in [0.15, 0.2) is 54.6 Å². The summed E-state index contributed by atoms with van der Waals surface area (Å²) in [6.07, 6.45) is 0. The maximum absolute atomic E-state index is 13.0. The minimum Gasteiger partial charge on any atom is -0.508 e. The molecule has 3 aromatic carbocycles. The standard InChI is InChI=1S/C19H12Cl4O5S/c20-11-4-1-3-10(9-11)19(29(26,27)28,12-5-2-6-14(22)18(12)25)16-15(24)8-7-13(21)17(16)23/h1-9,24-25H,(H,26,27,28). The van der Waals surface area contributed by atoms with Crippen LogP contribution in [0.25, 0.3) is 0 Å². The highest BCUT2D eigenvalue weighted by Gasteiger charge is 2.53. The molecule has 5 nitrogen and oxygen atoms in total. The van der Waals surface area contributed by atoms with E-state index < -0.39 is 31.9 Å². The zero-order valence-corrected chi connectivity index (χ0v) is 18.1. The molecule has 1 atom stereocenters. The Labute approximate surface area is 186 Å². The summed E-state index contributed by atoms with van der Waals surface area (Å²) in [5.41, 5.74) is -0.923.